The molecule has 8 nitrogen and oxygen atoms in total. The van der Waals surface area contributed by atoms with Crippen LogP contribution in [-0.2, 0) is 11.3 Å². The molecule has 0 aliphatic heterocycles. The van der Waals surface area contributed by atoms with Crippen molar-refractivity contribution in [3.8, 4) is 0 Å². The highest BCUT2D eigenvalue weighted by Gasteiger charge is 2.11. The maximum absolute atomic E-state index is 11.8. The van der Waals surface area contributed by atoms with E-state index in [1.165, 1.54) is 11.7 Å². The number of nitrogens with two attached hydrogens (primary N) is 1. The number of rotatable bonds is 9. The monoisotopic (exact) mass is 299 g/mol. The molecule has 0 amide bonds. The van der Waals surface area contributed by atoms with Crippen molar-refractivity contribution in [3.05, 3.63) is 20.8 Å². The summed E-state index contributed by atoms with van der Waals surface area (Å²) in [4.78, 5) is 27.9. The first-order valence-electron chi connectivity index (χ1n) is 6.97. The number of H-pyrrole nitrogens is 1. The molecular formula is C13H25N5O3. The van der Waals surface area contributed by atoms with Crippen molar-refractivity contribution < 1.29 is 4.74 Å². The third-order valence-electron chi connectivity index (χ3n) is 3.09. The van der Waals surface area contributed by atoms with Crippen molar-refractivity contribution in [1.82, 2.24) is 14.5 Å². The number of nitrogens with one attached hydrogen (secondary N) is 2. The second-order valence-electron chi connectivity index (χ2n) is 5.10. The molecular weight excluding hydrogens is 274 g/mol. The van der Waals surface area contributed by atoms with Crippen molar-refractivity contribution in [1.29, 1.82) is 0 Å². The van der Waals surface area contributed by atoms with Crippen LogP contribution in [-0.4, -0.2) is 55.4 Å². The summed E-state index contributed by atoms with van der Waals surface area (Å²) in [5.74, 6) is 0.147. The zero-order valence-electron chi connectivity index (χ0n) is 12.9. The summed E-state index contributed by atoms with van der Waals surface area (Å²) >= 11 is 0. The van der Waals surface area contributed by atoms with Crippen LogP contribution >= 0.6 is 0 Å². The van der Waals surface area contributed by atoms with Crippen LogP contribution in [0.25, 0.3) is 0 Å². The van der Waals surface area contributed by atoms with E-state index in [0.29, 0.717) is 19.7 Å². The fourth-order valence-corrected chi connectivity index (χ4v) is 1.93. The molecule has 8 heteroatoms. The molecule has 1 aromatic heterocycles. The number of anilines is 2. The standard InChI is InChI=1S/C13H25N5O3/c1-17(2)7-5-4-6-15-10-11(14)18(8-9-21-3)13(20)16-12(10)19/h15H,4-9,14H2,1-3H3,(H,16,19,20). The molecule has 0 bridgehead atoms. The fraction of sp³-hybridized carbons (Fsp3) is 0.692. The number of aromatic nitrogens is 2. The molecule has 1 aromatic rings. The average molecular weight is 299 g/mol. The van der Waals surface area contributed by atoms with Crippen molar-refractivity contribution in [3.63, 3.8) is 0 Å². The molecule has 1 heterocycles. The Morgan fingerprint density at radius 3 is 2.67 bits per heavy atom. The number of aromatic amines is 1. The van der Waals surface area contributed by atoms with Gasteiger partial charge in [-0.25, -0.2) is 4.79 Å². The highest BCUT2D eigenvalue weighted by molar-refractivity contribution is 5.60. The molecule has 0 aromatic carbocycles. The first-order chi connectivity index (χ1) is 9.97. The largest absolute Gasteiger partial charge is 0.383 e. The highest BCUT2D eigenvalue weighted by Crippen LogP contribution is 2.10. The molecule has 120 valence electrons. The van der Waals surface area contributed by atoms with Crippen molar-refractivity contribution >= 4 is 11.5 Å². The van der Waals surface area contributed by atoms with Gasteiger partial charge in [-0.1, -0.05) is 0 Å². The van der Waals surface area contributed by atoms with Gasteiger partial charge < -0.3 is 20.7 Å². The molecule has 0 saturated carbocycles. The Hall–Kier alpha value is -1.80. The van der Waals surface area contributed by atoms with Crippen LogP contribution in [0.2, 0.25) is 0 Å². The molecule has 0 atom stereocenters. The van der Waals surface area contributed by atoms with Gasteiger partial charge in [0, 0.05) is 13.7 Å². The SMILES string of the molecule is COCCn1c(N)c(NCCCCN(C)C)c(=O)[nH]c1=O. The number of nitrogens with zero attached hydrogens (tertiary/aromatic N) is 2. The summed E-state index contributed by atoms with van der Waals surface area (Å²) in [5, 5.41) is 3.01. The molecule has 21 heavy (non-hydrogen) atoms. The maximum atomic E-state index is 11.8. The van der Waals surface area contributed by atoms with Crippen LogP contribution in [0.1, 0.15) is 12.8 Å². The minimum Gasteiger partial charge on any atom is -0.383 e. The molecule has 4 N–H and O–H groups in total. The van der Waals surface area contributed by atoms with E-state index in [-0.39, 0.29) is 11.5 Å². The number of ether oxygens (including phenoxy) is 1. The quantitative estimate of drug-likeness (QED) is 0.532. The van der Waals surface area contributed by atoms with Gasteiger partial charge in [0.1, 0.15) is 11.5 Å². The number of unbranched alkanes of at least 4 members (excludes halogenated alkanes) is 1. The van der Waals surface area contributed by atoms with E-state index < -0.39 is 11.2 Å². The number of hydrogen-bond donors (Lipinski definition) is 3. The van der Waals surface area contributed by atoms with E-state index in [0.717, 1.165) is 19.4 Å². The summed E-state index contributed by atoms with van der Waals surface area (Å²) in [7, 11) is 5.57. The van der Waals surface area contributed by atoms with E-state index in [1.807, 2.05) is 14.1 Å². The van der Waals surface area contributed by atoms with Crippen LogP contribution in [0.3, 0.4) is 0 Å². The Bertz CT molecular complexity index is 550. The Kier molecular flexibility index (Phi) is 6.97. The molecule has 0 fully saturated rings. The third kappa shape index (κ3) is 5.24. The molecule has 0 unspecified atom stereocenters. The topological polar surface area (TPSA) is 105 Å². The first kappa shape index (κ1) is 17.3. The third-order valence-corrected chi connectivity index (χ3v) is 3.09. The average Bonchev–Trinajstić information content (AvgIpc) is 2.41. The zero-order chi connectivity index (χ0) is 15.8. The van der Waals surface area contributed by atoms with Crippen LogP contribution in [0, 0.1) is 0 Å². The smallest absolute Gasteiger partial charge is 0.330 e. The van der Waals surface area contributed by atoms with Gasteiger partial charge in [-0.3, -0.25) is 14.3 Å². The minimum absolute atomic E-state index is 0.147. The summed E-state index contributed by atoms with van der Waals surface area (Å²) < 4.78 is 6.23. The van der Waals surface area contributed by atoms with Crippen molar-refractivity contribution in [2.24, 2.45) is 0 Å². The van der Waals surface area contributed by atoms with Crippen LogP contribution in [0.5, 0.6) is 0 Å². The summed E-state index contributed by atoms with van der Waals surface area (Å²) in [6.07, 6.45) is 1.93. The molecule has 0 aliphatic rings. The predicted octanol–water partition coefficient (Wildman–Crippen LogP) is -0.481. The van der Waals surface area contributed by atoms with Gasteiger partial charge in [0.05, 0.1) is 13.2 Å². The Morgan fingerprint density at radius 1 is 1.33 bits per heavy atom. The minimum atomic E-state index is -0.521. The van der Waals surface area contributed by atoms with Crippen molar-refractivity contribution in [2.45, 2.75) is 19.4 Å². The zero-order valence-corrected chi connectivity index (χ0v) is 12.9. The molecule has 0 aliphatic carbocycles. The number of hydrogen-bond acceptors (Lipinski definition) is 6. The second-order valence-corrected chi connectivity index (χ2v) is 5.10. The van der Waals surface area contributed by atoms with Gasteiger partial charge in [-0.2, -0.15) is 0 Å². The molecule has 0 saturated heterocycles. The van der Waals surface area contributed by atoms with E-state index in [1.54, 1.807) is 0 Å². The maximum Gasteiger partial charge on any atom is 0.330 e. The Morgan fingerprint density at radius 2 is 2.05 bits per heavy atom. The summed E-state index contributed by atoms with van der Waals surface area (Å²) in [5.41, 5.74) is 5.14. The summed E-state index contributed by atoms with van der Waals surface area (Å²) in [6.45, 7) is 2.26. The first-order valence-corrected chi connectivity index (χ1v) is 6.97. The van der Waals surface area contributed by atoms with E-state index >= 15 is 0 Å². The number of nitrogen functional groups attached to an aromatic ring is 1. The molecule has 0 spiro atoms. The molecule has 0 radical (unpaired) electrons. The van der Waals surface area contributed by atoms with Crippen molar-refractivity contribution in [2.75, 3.05) is 52.0 Å². The fourth-order valence-electron chi connectivity index (χ4n) is 1.93. The number of methoxy groups -OCH3 is 1. The Balaban J connectivity index is 2.73. The normalized spacial score (nSPS) is 11.0. The van der Waals surface area contributed by atoms with E-state index in [2.05, 4.69) is 15.2 Å². The van der Waals surface area contributed by atoms with Crippen LogP contribution in [0.4, 0.5) is 11.5 Å². The van der Waals surface area contributed by atoms with E-state index in [4.69, 9.17) is 10.5 Å². The predicted molar refractivity (Wildman–Crippen MR) is 83.9 cm³/mol. The van der Waals surface area contributed by atoms with Gasteiger partial charge in [-0.05, 0) is 33.5 Å². The van der Waals surface area contributed by atoms with Gasteiger partial charge in [0.2, 0.25) is 0 Å². The lowest BCUT2D eigenvalue weighted by atomic mass is 10.3. The highest BCUT2D eigenvalue weighted by atomic mass is 16.5. The lowest BCUT2D eigenvalue weighted by Crippen LogP contribution is -2.35. The lowest BCUT2D eigenvalue weighted by Gasteiger charge is -2.14. The van der Waals surface area contributed by atoms with Gasteiger partial charge in [0.25, 0.3) is 5.56 Å². The van der Waals surface area contributed by atoms with Gasteiger partial charge >= 0.3 is 5.69 Å². The van der Waals surface area contributed by atoms with E-state index in [9.17, 15) is 9.59 Å². The Labute approximate surface area is 123 Å². The second kappa shape index (κ2) is 8.48. The lowest BCUT2D eigenvalue weighted by molar-refractivity contribution is 0.186. The summed E-state index contributed by atoms with van der Waals surface area (Å²) in [6, 6.07) is 0. The molecule has 1 rings (SSSR count). The van der Waals surface area contributed by atoms with Crippen LogP contribution < -0.4 is 22.3 Å². The van der Waals surface area contributed by atoms with Gasteiger partial charge in [-0.15, -0.1) is 0 Å². The van der Waals surface area contributed by atoms with Gasteiger partial charge in [0.15, 0.2) is 0 Å². The van der Waals surface area contributed by atoms with Crippen LogP contribution in [0.15, 0.2) is 9.59 Å².